The molecule has 23 heavy (non-hydrogen) atoms. The summed E-state index contributed by atoms with van der Waals surface area (Å²) in [6.45, 7) is 5.45. The minimum atomic E-state index is -0.353. The van der Waals surface area contributed by atoms with Crippen molar-refractivity contribution in [2.24, 2.45) is 0 Å². The van der Waals surface area contributed by atoms with Gasteiger partial charge in [-0.1, -0.05) is 44.2 Å². The molecule has 3 nitrogen and oxygen atoms in total. The molecule has 0 saturated carbocycles. The minimum absolute atomic E-state index is 0.119. The van der Waals surface area contributed by atoms with E-state index < -0.39 is 0 Å². The van der Waals surface area contributed by atoms with Gasteiger partial charge in [0.2, 0.25) is 0 Å². The van der Waals surface area contributed by atoms with Crippen LogP contribution in [-0.2, 0) is 11.3 Å². The number of benzene rings is 2. The van der Waals surface area contributed by atoms with E-state index in [2.05, 4.69) is 43.4 Å². The fourth-order valence-corrected chi connectivity index (χ4v) is 2.48. The summed E-state index contributed by atoms with van der Waals surface area (Å²) >= 11 is 0. The number of rotatable bonds is 6. The quantitative estimate of drug-likeness (QED) is 0.844. The summed E-state index contributed by atoms with van der Waals surface area (Å²) in [6.07, 6.45) is 0. The van der Waals surface area contributed by atoms with Crippen LogP contribution in [0.4, 0.5) is 10.1 Å². The highest BCUT2D eigenvalue weighted by Crippen LogP contribution is 2.14. The lowest BCUT2D eigenvalue weighted by Crippen LogP contribution is -3.08. The van der Waals surface area contributed by atoms with E-state index in [0.29, 0.717) is 18.2 Å². The van der Waals surface area contributed by atoms with Crippen molar-refractivity contribution in [3.63, 3.8) is 0 Å². The van der Waals surface area contributed by atoms with E-state index in [-0.39, 0.29) is 11.7 Å². The SMILES string of the molecule is CC(C)c1ccc(C[NH+](C)CC(=O)Nc2cccc(F)c2)cc1. The second-order valence-corrected chi connectivity index (χ2v) is 6.27. The lowest BCUT2D eigenvalue weighted by Gasteiger charge is -2.14. The van der Waals surface area contributed by atoms with Crippen molar-refractivity contribution in [3.8, 4) is 0 Å². The predicted molar refractivity (Wildman–Crippen MR) is 91.0 cm³/mol. The van der Waals surface area contributed by atoms with E-state index in [1.165, 1.54) is 23.3 Å². The molecule has 0 spiro atoms. The Morgan fingerprint density at radius 1 is 1.17 bits per heavy atom. The number of likely N-dealkylation sites (N-methyl/N-ethyl adjacent to an activating group) is 1. The zero-order chi connectivity index (χ0) is 16.8. The molecular formula is C19H24FN2O+. The fourth-order valence-electron chi connectivity index (χ4n) is 2.48. The number of anilines is 1. The maximum absolute atomic E-state index is 13.1. The number of quaternary nitrogens is 1. The standard InChI is InChI=1S/C19H23FN2O/c1-14(2)16-9-7-15(8-10-16)12-22(3)13-19(23)21-18-6-4-5-17(20)11-18/h4-11,14H,12-13H2,1-3H3,(H,21,23)/p+1. The first-order valence-electron chi connectivity index (χ1n) is 7.89. The van der Waals surface area contributed by atoms with Crippen molar-refractivity contribution in [1.82, 2.24) is 0 Å². The van der Waals surface area contributed by atoms with Gasteiger partial charge in [0.05, 0.1) is 7.05 Å². The van der Waals surface area contributed by atoms with Crippen molar-refractivity contribution in [1.29, 1.82) is 0 Å². The van der Waals surface area contributed by atoms with E-state index in [9.17, 15) is 9.18 Å². The maximum atomic E-state index is 13.1. The van der Waals surface area contributed by atoms with Gasteiger partial charge in [-0.25, -0.2) is 4.39 Å². The van der Waals surface area contributed by atoms with Crippen LogP contribution in [0.3, 0.4) is 0 Å². The molecule has 0 radical (unpaired) electrons. The van der Waals surface area contributed by atoms with Gasteiger partial charge in [-0.05, 0) is 29.7 Å². The second kappa shape index (κ2) is 7.88. The molecule has 0 fully saturated rings. The second-order valence-electron chi connectivity index (χ2n) is 6.27. The average Bonchev–Trinajstić information content (AvgIpc) is 2.47. The molecular weight excluding hydrogens is 291 g/mol. The molecule has 1 unspecified atom stereocenters. The molecule has 2 rings (SSSR count). The molecule has 0 bridgehead atoms. The molecule has 0 saturated heterocycles. The van der Waals surface area contributed by atoms with Gasteiger partial charge < -0.3 is 10.2 Å². The first kappa shape index (κ1) is 17.2. The number of hydrogen-bond acceptors (Lipinski definition) is 1. The van der Waals surface area contributed by atoms with E-state index >= 15 is 0 Å². The lowest BCUT2D eigenvalue weighted by molar-refractivity contribution is -0.885. The number of carbonyl (C=O) groups is 1. The number of halogens is 1. The molecule has 2 N–H and O–H groups in total. The Hall–Kier alpha value is -2.20. The van der Waals surface area contributed by atoms with Gasteiger partial charge in [-0.15, -0.1) is 0 Å². The zero-order valence-corrected chi connectivity index (χ0v) is 13.9. The van der Waals surface area contributed by atoms with Crippen LogP contribution in [0.5, 0.6) is 0 Å². The Morgan fingerprint density at radius 3 is 2.48 bits per heavy atom. The third kappa shape index (κ3) is 5.49. The van der Waals surface area contributed by atoms with Gasteiger partial charge in [0.15, 0.2) is 6.54 Å². The Bertz CT molecular complexity index is 653. The minimum Gasteiger partial charge on any atom is -0.326 e. The smallest absolute Gasteiger partial charge is 0.279 e. The van der Waals surface area contributed by atoms with Crippen LogP contribution in [0.2, 0.25) is 0 Å². The summed E-state index contributed by atoms with van der Waals surface area (Å²) in [5.74, 6) is 0.0480. The number of carbonyl (C=O) groups excluding carboxylic acids is 1. The first-order chi connectivity index (χ1) is 10.9. The van der Waals surface area contributed by atoms with Gasteiger partial charge >= 0.3 is 0 Å². The molecule has 0 aliphatic heterocycles. The molecule has 2 aromatic rings. The van der Waals surface area contributed by atoms with Gasteiger partial charge in [0, 0.05) is 11.3 Å². The van der Waals surface area contributed by atoms with Crippen LogP contribution >= 0.6 is 0 Å². The first-order valence-corrected chi connectivity index (χ1v) is 7.89. The van der Waals surface area contributed by atoms with E-state index in [4.69, 9.17) is 0 Å². The lowest BCUT2D eigenvalue weighted by atomic mass is 10.0. The van der Waals surface area contributed by atoms with Gasteiger partial charge in [0.1, 0.15) is 12.4 Å². The Kier molecular flexibility index (Phi) is 5.88. The predicted octanol–water partition coefficient (Wildman–Crippen LogP) is 2.60. The largest absolute Gasteiger partial charge is 0.326 e. The number of nitrogens with one attached hydrogen (secondary N) is 2. The maximum Gasteiger partial charge on any atom is 0.279 e. The molecule has 2 aromatic carbocycles. The Morgan fingerprint density at radius 2 is 1.87 bits per heavy atom. The normalized spacial score (nSPS) is 12.2. The van der Waals surface area contributed by atoms with E-state index in [1.807, 2.05) is 7.05 Å². The zero-order valence-electron chi connectivity index (χ0n) is 13.9. The summed E-state index contributed by atoms with van der Waals surface area (Å²) in [7, 11) is 1.97. The third-order valence-electron chi connectivity index (χ3n) is 3.72. The molecule has 0 aliphatic rings. The summed E-state index contributed by atoms with van der Waals surface area (Å²) in [6, 6.07) is 14.4. The molecule has 0 aliphatic carbocycles. The van der Waals surface area contributed by atoms with Crippen molar-refractivity contribution < 1.29 is 14.1 Å². The Balaban J connectivity index is 1.86. The topological polar surface area (TPSA) is 33.5 Å². The number of amides is 1. The molecule has 4 heteroatoms. The van der Waals surface area contributed by atoms with Crippen LogP contribution in [-0.4, -0.2) is 19.5 Å². The van der Waals surface area contributed by atoms with E-state index in [1.54, 1.807) is 12.1 Å². The average molecular weight is 315 g/mol. The van der Waals surface area contributed by atoms with Crippen molar-refractivity contribution in [2.45, 2.75) is 26.3 Å². The summed E-state index contributed by atoms with van der Waals surface area (Å²) in [5.41, 5.74) is 3.00. The molecule has 0 heterocycles. The van der Waals surface area contributed by atoms with Gasteiger partial charge in [0.25, 0.3) is 5.91 Å². The molecule has 122 valence electrons. The summed E-state index contributed by atoms with van der Waals surface area (Å²) < 4.78 is 13.1. The van der Waals surface area contributed by atoms with Crippen molar-refractivity contribution in [2.75, 3.05) is 18.9 Å². The van der Waals surface area contributed by atoms with Gasteiger partial charge in [-0.2, -0.15) is 0 Å². The van der Waals surface area contributed by atoms with Crippen molar-refractivity contribution >= 4 is 11.6 Å². The summed E-state index contributed by atoms with van der Waals surface area (Å²) in [5, 5.41) is 2.72. The fraction of sp³-hybridized carbons (Fsp3) is 0.316. The van der Waals surface area contributed by atoms with Crippen LogP contribution in [0.15, 0.2) is 48.5 Å². The number of hydrogen-bond donors (Lipinski definition) is 2. The van der Waals surface area contributed by atoms with Crippen LogP contribution in [0, 0.1) is 5.82 Å². The molecule has 1 amide bonds. The molecule has 0 aromatic heterocycles. The highest BCUT2D eigenvalue weighted by Gasteiger charge is 2.11. The van der Waals surface area contributed by atoms with Crippen LogP contribution < -0.4 is 10.2 Å². The molecule has 1 atom stereocenters. The van der Waals surface area contributed by atoms with Crippen LogP contribution in [0.25, 0.3) is 0 Å². The Labute approximate surface area is 137 Å². The van der Waals surface area contributed by atoms with Crippen molar-refractivity contribution in [3.05, 3.63) is 65.5 Å². The highest BCUT2D eigenvalue weighted by atomic mass is 19.1. The highest BCUT2D eigenvalue weighted by molar-refractivity contribution is 5.91. The summed E-state index contributed by atoms with van der Waals surface area (Å²) in [4.78, 5) is 13.1. The monoisotopic (exact) mass is 315 g/mol. The van der Waals surface area contributed by atoms with E-state index in [0.717, 1.165) is 11.4 Å². The van der Waals surface area contributed by atoms with Crippen LogP contribution in [0.1, 0.15) is 30.9 Å². The van der Waals surface area contributed by atoms with Gasteiger partial charge in [-0.3, -0.25) is 4.79 Å². The third-order valence-corrected chi connectivity index (χ3v) is 3.72.